The van der Waals surface area contributed by atoms with Crippen LogP contribution in [0.1, 0.15) is 5.56 Å². The summed E-state index contributed by atoms with van der Waals surface area (Å²) < 4.78 is 37.8. The van der Waals surface area contributed by atoms with Gasteiger partial charge in [0.1, 0.15) is 5.37 Å². The van der Waals surface area contributed by atoms with Gasteiger partial charge in [0.05, 0.1) is 0 Å². The molecule has 0 aliphatic carbocycles. The first-order valence-corrected chi connectivity index (χ1v) is 8.92. The molecule has 0 amide bonds. The summed E-state index contributed by atoms with van der Waals surface area (Å²) in [5, 5.41) is -0.735. The molecule has 2 rings (SSSR count). The molecule has 1 saturated heterocycles. The molecule has 8 heteroatoms. The van der Waals surface area contributed by atoms with Crippen molar-refractivity contribution in [1.29, 1.82) is 0 Å². The number of anilines is 1. The number of hydrogen-bond acceptors (Lipinski definition) is 6. The van der Waals surface area contributed by atoms with Gasteiger partial charge in [-0.25, -0.2) is 17.8 Å². The maximum Gasteiger partial charge on any atom is 0.170 e. The lowest BCUT2D eigenvalue weighted by Crippen LogP contribution is -2.47. The van der Waals surface area contributed by atoms with Crippen LogP contribution in [-0.2, 0) is 16.4 Å². The monoisotopic (exact) mass is 305 g/mol. The molecule has 1 aliphatic rings. The number of thioether (sulfide) groups is 1. The summed E-state index contributed by atoms with van der Waals surface area (Å²) in [5.41, 5.74) is 5.80. The minimum Gasteiger partial charge on any atom is -0.336 e. The molecule has 1 unspecified atom stereocenters. The number of hydrogen-bond donors (Lipinski definition) is 1. The Kier molecular flexibility index (Phi) is 4.32. The summed E-state index contributed by atoms with van der Waals surface area (Å²) in [6.07, 6.45) is 2.63. The Morgan fingerprint density at radius 1 is 1.63 bits per heavy atom. The summed E-state index contributed by atoms with van der Waals surface area (Å²) in [5.74, 6) is 0.733. The van der Waals surface area contributed by atoms with Crippen LogP contribution in [0, 0.1) is 5.82 Å². The number of halogens is 1. The Hall–Kier alpha value is -0.860. The highest BCUT2D eigenvalue weighted by atomic mass is 32.2. The summed E-state index contributed by atoms with van der Waals surface area (Å²) in [6.45, 7) is 0.522. The van der Waals surface area contributed by atoms with E-state index in [0.717, 1.165) is 5.75 Å². The van der Waals surface area contributed by atoms with E-state index in [9.17, 15) is 12.8 Å². The van der Waals surface area contributed by atoms with Crippen LogP contribution >= 0.6 is 11.8 Å². The third-order valence-corrected chi connectivity index (χ3v) is 5.66. The fourth-order valence-electron chi connectivity index (χ4n) is 2.01. The maximum absolute atomic E-state index is 14.2. The van der Waals surface area contributed by atoms with E-state index >= 15 is 0 Å². The highest BCUT2D eigenvalue weighted by Crippen LogP contribution is 2.28. The van der Waals surface area contributed by atoms with Crippen LogP contribution in [0.2, 0.25) is 0 Å². The average molecular weight is 305 g/mol. The summed E-state index contributed by atoms with van der Waals surface area (Å²) >= 11 is 1.55. The maximum atomic E-state index is 14.2. The Morgan fingerprint density at radius 2 is 2.37 bits per heavy atom. The number of sulfone groups is 1. The molecule has 19 heavy (non-hydrogen) atoms. The SMILES string of the molecule is CS(=O)(=O)C1CSCCN1c1nccc(CN)c1F. The Morgan fingerprint density at radius 3 is 3.00 bits per heavy atom. The van der Waals surface area contributed by atoms with E-state index in [4.69, 9.17) is 5.73 Å². The zero-order valence-electron chi connectivity index (χ0n) is 10.5. The second kappa shape index (κ2) is 5.64. The minimum absolute atomic E-state index is 0.0630. The predicted octanol–water partition coefficient (Wildman–Crippen LogP) is 0.603. The van der Waals surface area contributed by atoms with Crippen molar-refractivity contribution in [3.63, 3.8) is 0 Å². The van der Waals surface area contributed by atoms with Gasteiger partial charge < -0.3 is 10.6 Å². The molecule has 0 aromatic carbocycles. The molecule has 106 valence electrons. The average Bonchev–Trinajstić information content (AvgIpc) is 2.38. The molecule has 0 saturated carbocycles. The van der Waals surface area contributed by atoms with Crippen molar-refractivity contribution in [3.05, 3.63) is 23.6 Å². The first-order valence-electron chi connectivity index (χ1n) is 5.82. The van der Waals surface area contributed by atoms with Gasteiger partial charge in [0.2, 0.25) is 0 Å². The van der Waals surface area contributed by atoms with Crippen LogP contribution in [0.5, 0.6) is 0 Å². The van der Waals surface area contributed by atoms with Gasteiger partial charge in [0.25, 0.3) is 0 Å². The number of pyridine rings is 1. The molecule has 5 nitrogen and oxygen atoms in total. The second-order valence-electron chi connectivity index (χ2n) is 4.36. The van der Waals surface area contributed by atoms with E-state index in [2.05, 4.69) is 4.98 Å². The molecule has 0 bridgehead atoms. The van der Waals surface area contributed by atoms with Crippen molar-refractivity contribution in [2.45, 2.75) is 11.9 Å². The standard InChI is InChI=1S/C11H16FN3O2S2/c1-19(16,17)9-7-18-5-4-15(9)11-10(12)8(6-13)2-3-14-11/h2-3,9H,4-7,13H2,1H3. The topological polar surface area (TPSA) is 76.3 Å². The molecule has 2 N–H and O–H groups in total. The normalized spacial score (nSPS) is 20.6. The van der Waals surface area contributed by atoms with Gasteiger partial charge >= 0.3 is 0 Å². The van der Waals surface area contributed by atoms with Crippen molar-refractivity contribution < 1.29 is 12.8 Å². The van der Waals surface area contributed by atoms with Crippen LogP contribution in [0.4, 0.5) is 10.2 Å². The van der Waals surface area contributed by atoms with Crippen molar-refractivity contribution in [2.24, 2.45) is 5.73 Å². The van der Waals surface area contributed by atoms with E-state index in [1.165, 1.54) is 23.4 Å². The van der Waals surface area contributed by atoms with Crippen LogP contribution in [0.25, 0.3) is 0 Å². The predicted molar refractivity (Wildman–Crippen MR) is 75.4 cm³/mol. The van der Waals surface area contributed by atoms with Gasteiger partial charge in [-0.15, -0.1) is 0 Å². The number of nitrogens with zero attached hydrogens (tertiary/aromatic N) is 2. The van der Waals surface area contributed by atoms with Gasteiger partial charge in [0, 0.05) is 42.6 Å². The molecule has 1 fully saturated rings. The first-order chi connectivity index (χ1) is 8.95. The lowest BCUT2D eigenvalue weighted by Gasteiger charge is -2.35. The van der Waals surface area contributed by atoms with Gasteiger partial charge in [-0.3, -0.25) is 0 Å². The molecule has 1 aromatic heterocycles. The van der Waals surface area contributed by atoms with Gasteiger partial charge in [-0.1, -0.05) is 0 Å². The smallest absolute Gasteiger partial charge is 0.170 e. The highest BCUT2D eigenvalue weighted by Gasteiger charge is 2.33. The lowest BCUT2D eigenvalue weighted by atomic mass is 10.2. The highest BCUT2D eigenvalue weighted by molar-refractivity contribution is 8.01. The van der Waals surface area contributed by atoms with Crippen molar-refractivity contribution in [3.8, 4) is 0 Å². The summed E-state index contributed by atoms with van der Waals surface area (Å²) in [6, 6.07) is 1.51. The number of rotatable bonds is 3. The second-order valence-corrected chi connectivity index (χ2v) is 7.72. The quantitative estimate of drug-likeness (QED) is 0.881. The van der Waals surface area contributed by atoms with Crippen molar-refractivity contribution in [1.82, 2.24) is 4.98 Å². The molecule has 0 spiro atoms. The van der Waals surface area contributed by atoms with Crippen molar-refractivity contribution in [2.75, 3.05) is 29.2 Å². The Labute approximate surface area is 116 Å². The molecule has 1 aromatic rings. The number of aromatic nitrogens is 1. The Bertz CT molecular complexity index is 565. The molecule has 0 radical (unpaired) electrons. The van der Waals surface area contributed by atoms with Gasteiger partial charge in [0.15, 0.2) is 21.5 Å². The van der Waals surface area contributed by atoms with Crippen LogP contribution in [-0.4, -0.2) is 43.1 Å². The zero-order valence-corrected chi connectivity index (χ0v) is 12.2. The fourth-order valence-corrected chi connectivity index (χ4v) is 4.83. The van der Waals surface area contributed by atoms with E-state index in [0.29, 0.717) is 17.9 Å². The molecular weight excluding hydrogens is 289 g/mol. The van der Waals surface area contributed by atoms with E-state index in [1.807, 2.05) is 0 Å². The van der Waals surface area contributed by atoms with Crippen LogP contribution < -0.4 is 10.6 Å². The Balaban J connectivity index is 2.44. The largest absolute Gasteiger partial charge is 0.336 e. The van der Waals surface area contributed by atoms with E-state index < -0.39 is 21.0 Å². The first kappa shape index (κ1) is 14.5. The van der Waals surface area contributed by atoms with E-state index in [1.54, 1.807) is 11.8 Å². The third kappa shape index (κ3) is 3.01. The van der Waals surface area contributed by atoms with E-state index in [-0.39, 0.29) is 12.4 Å². The lowest BCUT2D eigenvalue weighted by molar-refractivity contribution is 0.571. The van der Waals surface area contributed by atoms with Crippen molar-refractivity contribution >= 4 is 27.4 Å². The number of nitrogens with two attached hydrogens (primary N) is 1. The van der Waals surface area contributed by atoms with Crippen LogP contribution in [0.3, 0.4) is 0 Å². The van der Waals surface area contributed by atoms with Gasteiger partial charge in [-0.05, 0) is 6.07 Å². The van der Waals surface area contributed by atoms with Gasteiger partial charge in [-0.2, -0.15) is 11.8 Å². The fraction of sp³-hybridized carbons (Fsp3) is 0.545. The molecule has 1 atom stereocenters. The molecular formula is C11H16FN3O2S2. The third-order valence-electron chi connectivity index (χ3n) is 3.02. The summed E-state index contributed by atoms with van der Waals surface area (Å²) in [7, 11) is -3.29. The molecule has 2 heterocycles. The zero-order chi connectivity index (χ0) is 14.0. The van der Waals surface area contributed by atoms with Crippen LogP contribution in [0.15, 0.2) is 12.3 Å². The minimum atomic E-state index is -3.29. The summed E-state index contributed by atoms with van der Waals surface area (Å²) in [4.78, 5) is 5.52. The molecule has 1 aliphatic heterocycles.